The van der Waals surface area contributed by atoms with E-state index in [4.69, 9.17) is 4.74 Å². The molecule has 146 valence electrons. The van der Waals surface area contributed by atoms with Crippen LogP contribution in [0.2, 0.25) is 0 Å². The van der Waals surface area contributed by atoms with E-state index in [0.29, 0.717) is 24.7 Å². The lowest BCUT2D eigenvalue weighted by molar-refractivity contribution is 0.397. The molecule has 3 heterocycles. The Hall–Kier alpha value is -2.67. The zero-order valence-electron chi connectivity index (χ0n) is 16.2. The average molecular weight is 398 g/mol. The number of pyridine rings is 1. The molecule has 0 aliphatic carbocycles. The highest BCUT2D eigenvalue weighted by Gasteiger charge is 2.38. The number of sulfone groups is 1. The van der Waals surface area contributed by atoms with E-state index < -0.39 is 15.4 Å². The average Bonchev–Trinajstić information content (AvgIpc) is 3.10. The van der Waals surface area contributed by atoms with Crippen LogP contribution in [0.1, 0.15) is 23.1 Å². The molecule has 2 aliphatic heterocycles. The standard InChI is InChI=1S/C21H23N3O3S/c1-14-4-5-16(12-15(14)2)18-7-6-17(20(23-18)27-3)19-22-13-21(24-19)8-10-28(25,26)11-9-21/h4-8,10,12H,9,11,13H2,1-3H3,(H,22,24). The van der Waals surface area contributed by atoms with Crippen LogP contribution in [0.3, 0.4) is 0 Å². The van der Waals surface area contributed by atoms with Crippen LogP contribution >= 0.6 is 0 Å². The molecule has 1 aromatic heterocycles. The summed E-state index contributed by atoms with van der Waals surface area (Å²) in [7, 11) is -1.50. The highest BCUT2D eigenvalue weighted by Crippen LogP contribution is 2.29. The molecule has 2 aliphatic rings. The van der Waals surface area contributed by atoms with E-state index in [2.05, 4.69) is 47.3 Å². The predicted molar refractivity (Wildman–Crippen MR) is 111 cm³/mol. The number of nitrogens with one attached hydrogen (secondary N) is 1. The van der Waals surface area contributed by atoms with Gasteiger partial charge in [0.05, 0.1) is 36.2 Å². The minimum absolute atomic E-state index is 0.125. The monoisotopic (exact) mass is 397 g/mol. The first-order valence-electron chi connectivity index (χ1n) is 9.18. The molecular formula is C21H23N3O3S. The molecule has 0 bridgehead atoms. The Morgan fingerprint density at radius 3 is 2.64 bits per heavy atom. The number of ether oxygens (including phenoxy) is 1. The minimum Gasteiger partial charge on any atom is -0.480 e. The maximum Gasteiger partial charge on any atom is 0.224 e. The van der Waals surface area contributed by atoms with Gasteiger partial charge in [0.2, 0.25) is 5.88 Å². The van der Waals surface area contributed by atoms with E-state index in [1.54, 1.807) is 13.2 Å². The van der Waals surface area contributed by atoms with Crippen LogP contribution in [0.5, 0.6) is 5.88 Å². The molecule has 0 radical (unpaired) electrons. The molecule has 2 aromatic rings. The maximum atomic E-state index is 11.7. The Balaban J connectivity index is 1.63. The molecule has 1 atom stereocenters. The van der Waals surface area contributed by atoms with Crippen molar-refractivity contribution < 1.29 is 13.2 Å². The summed E-state index contributed by atoms with van der Waals surface area (Å²) < 4.78 is 28.9. The van der Waals surface area contributed by atoms with Gasteiger partial charge in [0.25, 0.3) is 0 Å². The lowest BCUT2D eigenvalue weighted by Crippen LogP contribution is -2.47. The molecule has 0 amide bonds. The van der Waals surface area contributed by atoms with Crippen molar-refractivity contribution in [1.82, 2.24) is 10.3 Å². The molecule has 1 aromatic carbocycles. The van der Waals surface area contributed by atoms with Crippen LogP contribution in [0.15, 0.2) is 46.8 Å². The summed E-state index contributed by atoms with van der Waals surface area (Å²) in [6.07, 6.45) is 2.21. The smallest absolute Gasteiger partial charge is 0.224 e. The van der Waals surface area contributed by atoms with Gasteiger partial charge in [0, 0.05) is 11.0 Å². The first-order valence-corrected chi connectivity index (χ1v) is 10.9. The fourth-order valence-corrected chi connectivity index (χ4v) is 4.72. The maximum absolute atomic E-state index is 11.7. The van der Waals surface area contributed by atoms with Crippen LogP contribution < -0.4 is 10.1 Å². The van der Waals surface area contributed by atoms with E-state index in [9.17, 15) is 8.42 Å². The van der Waals surface area contributed by atoms with Gasteiger partial charge in [-0.05, 0) is 55.7 Å². The third kappa shape index (κ3) is 3.42. The van der Waals surface area contributed by atoms with Crippen molar-refractivity contribution in [2.24, 2.45) is 4.99 Å². The lowest BCUT2D eigenvalue weighted by Gasteiger charge is -2.28. The Bertz CT molecular complexity index is 1110. The van der Waals surface area contributed by atoms with Gasteiger partial charge < -0.3 is 10.1 Å². The van der Waals surface area contributed by atoms with Crippen molar-refractivity contribution in [3.05, 3.63) is 58.5 Å². The number of methoxy groups -OCH3 is 1. The second-order valence-corrected chi connectivity index (χ2v) is 9.42. The molecule has 0 saturated heterocycles. The van der Waals surface area contributed by atoms with Crippen molar-refractivity contribution in [3.63, 3.8) is 0 Å². The summed E-state index contributed by atoms with van der Waals surface area (Å²) in [6, 6.07) is 10.2. The molecule has 4 rings (SSSR count). The van der Waals surface area contributed by atoms with Crippen LogP contribution in [-0.4, -0.2) is 44.2 Å². The molecule has 1 unspecified atom stereocenters. The Morgan fingerprint density at radius 1 is 1.14 bits per heavy atom. The number of amidine groups is 1. The van der Waals surface area contributed by atoms with Crippen molar-refractivity contribution in [3.8, 4) is 17.1 Å². The molecule has 1 spiro atoms. The molecule has 28 heavy (non-hydrogen) atoms. The molecule has 6 nitrogen and oxygen atoms in total. The Kier molecular flexibility index (Phi) is 4.50. The normalized spacial score (nSPS) is 22.8. The number of hydrogen-bond donors (Lipinski definition) is 1. The Morgan fingerprint density at radius 2 is 1.96 bits per heavy atom. The molecule has 0 saturated carbocycles. The number of nitrogens with zero attached hydrogens (tertiary/aromatic N) is 2. The van der Waals surface area contributed by atoms with Crippen LogP contribution in [0.25, 0.3) is 11.3 Å². The van der Waals surface area contributed by atoms with E-state index in [0.717, 1.165) is 16.8 Å². The van der Waals surface area contributed by atoms with Gasteiger partial charge in [-0.3, -0.25) is 4.99 Å². The van der Waals surface area contributed by atoms with Crippen LogP contribution in [0, 0.1) is 13.8 Å². The van der Waals surface area contributed by atoms with Gasteiger partial charge in [-0.25, -0.2) is 13.4 Å². The Labute approximate surface area is 165 Å². The molecular weight excluding hydrogens is 374 g/mol. The number of benzene rings is 1. The summed E-state index contributed by atoms with van der Waals surface area (Å²) in [5, 5.41) is 4.68. The minimum atomic E-state index is -3.09. The van der Waals surface area contributed by atoms with Gasteiger partial charge in [0.1, 0.15) is 5.84 Å². The summed E-state index contributed by atoms with van der Waals surface area (Å²) in [5.74, 6) is 1.30. The quantitative estimate of drug-likeness (QED) is 0.861. The third-order valence-electron chi connectivity index (χ3n) is 5.43. The highest BCUT2D eigenvalue weighted by atomic mass is 32.2. The largest absolute Gasteiger partial charge is 0.480 e. The van der Waals surface area contributed by atoms with Crippen molar-refractivity contribution >= 4 is 15.7 Å². The second kappa shape index (κ2) is 6.74. The van der Waals surface area contributed by atoms with Gasteiger partial charge in [-0.1, -0.05) is 12.1 Å². The number of aliphatic imine (C=N–C) groups is 1. The molecule has 0 fully saturated rings. The molecule has 7 heteroatoms. The number of aromatic nitrogens is 1. The molecule has 1 N–H and O–H groups in total. The summed E-state index contributed by atoms with van der Waals surface area (Å²) >= 11 is 0. The lowest BCUT2D eigenvalue weighted by atomic mass is 9.97. The number of rotatable bonds is 3. The van der Waals surface area contributed by atoms with Gasteiger partial charge in [-0.15, -0.1) is 0 Å². The fourth-order valence-electron chi connectivity index (χ4n) is 3.47. The summed E-state index contributed by atoms with van der Waals surface area (Å²) in [5.41, 5.74) is 4.65. The number of aryl methyl sites for hydroxylation is 2. The third-order valence-corrected chi connectivity index (χ3v) is 6.75. The van der Waals surface area contributed by atoms with Gasteiger partial charge in [0.15, 0.2) is 9.84 Å². The van der Waals surface area contributed by atoms with E-state index in [1.807, 2.05) is 12.1 Å². The fraction of sp³-hybridized carbons (Fsp3) is 0.333. The van der Waals surface area contributed by atoms with Crippen molar-refractivity contribution in [1.29, 1.82) is 0 Å². The highest BCUT2D eigenvalue weighted by molar-refractivity contribution is 7.94. The van der Waals surface area contributed by atoms with Gasteiger partial charge >= 0.3 is 0 Å². The van der Waals surface area contributed by atoms with E-state index in [-0.39, 0.29) is 5.75 Å². The second-order valence-electron chi connectivity index (χ2n) is 7.42. The zero-order chi connectivity index (χ0) is 19.9. The van der Waals surface area contributed by atoms with E-state index in [1.165, 1.54) is 16.5 Å². The number of hydrogen-bond acceptors (Lipinski definition) is 6. The predicted octanol–water partition coefficient (Wildman–Crippen LogP) is 2.79. The summed E-state index contributed by atoms with van der Waals surface area (Å²) in [6.45, 7) is 4.66. The van der Waals surface area contributed by atoms with Crippen LogP contribution in [0.4, 0.5) is 0 Å². The van der Waals surface area contributed by atoms with E-state index >= 15 is 0 Å². The van der Waals surface area contributed by atoms with Gasteiger partial charge in [-0.2, -0.15) is 0 Å². The van der Waals surface area contributed by atoms with Crippen LogP contribution in [-0.2, 0) is 9.84 Å². The zero-order valence-corrected chi connectivity index (χ0v) is 17.0. The SMILES string of the molecule is COc1nc(-c2ccc(C)c(C)c2)ccc1C1=NCC2(C=CS(=O)(=O)CC2)N1. The topological polar surface area (TPSA) is 80.7 Å². The van der Waals surface area contributed by atoms with Crippen molar-refractivity contribution in [2.75, 3.05) is 19.4 Å². The van der Waals surface area contributed by atoms with Crippen molar-refractivity contribution in [2.45, 2.75) is 25.8 Å². The first kappa shape index (κ1) is 18.7. The summed E-state index contributed by atoms with van der Waals surface area (Å²) in [4.78, 5) is 9.28. The first-order chi connectivity index (χ1) is 13.3.